The lowest BCUT2D eigenvalue weighted by Gasteiger charge is -2.28. The number of carbonyl (C=O) groups is 1. The van der Waals surface area contributed by atoms with E-state index in [1.807, 2.05) is 18.2 Å². The Morgan fingerprint density at radius 3 is 2.85 bits per heavy atom. The Balaban J connectivity index is 1.74. The van der Waals surface area contributed by atoms with Gasteiger partial charge in [-0.05, 0) is 34.5 Å². The average molecular weight is 359 g/mol. The first-order valence-electron chi connectivity index (χ1n) is 8.73. The molecule has 2 aliphatic heterocycles. The Kier molecular flexibility index (Phi) is 3.37. The van der Waals surface area contributed by atoms with Gasteiger partial charge in [-0.2, -0.15) is 0 Å². The fourth-order valence-electron chi connectivity index (χ4n) is 3.98. The van der Waals surface area contributed by atoms with E-state index in [2.05, 4.69) is 23.5 Å². The van der Waals surface area contributed by atoms with Crippen LogP contribution in [0.4, 0.5) is 5.69 Å². The lowest BCUT2D eigenvalue weighted by atomic mass is 9.85. The fourth-order valence-corrected chi connectivity index (χ4v) is 3.98. The number of esters is 1. The highest BCUT2D eigenvalue weighted by molar-refractivity contribution is 6.11. The molecule has 0 aromatic heterocycles. The van der Waals surface area contributed by atoms with E-state index in [1.54, 1.807) is 18.2 Å². The molecular formula is C22H17NO4. The van der Waals surface area contributed by atoms with E-state index < -0.39 is 0 Å². The smallest absolute Gasteiger partial charge is 0.337 e. The number of cyclic esters (lactones) is 1. The summed E-state index contributed by atoms with van der Waals surface area (Å²) in [6, 6.07) is 17.0. The molecule has 0 amide bonds. The summed E-state index contributed by atoms with van der Waals surface area (Å²) >= 11 is 0. The van der Waals surface area contributed by atoms with Crippen LogP contribution in [-0.2, 0) is 9.53 Å². The minimum atomic E-state index is -0.363. The van der Waals surface area contributed by atoms with Crippen LogP contribution in [0.1, 0.15) is 17.2 Å². The molecular weight excluding hydrogens is 342 g/mol. The topological polar surface area (TPSA) is 67.8 Å². The monoisotopic (exact) mass is 359 g/mol. The summed E-state index contributed by atoms with van der Waals surface area (Å²) in [6.45, 7) is 0.266. The third-order valence-electron chi connectivity index (χ3n) is 5.25. The van der Waals surface area contributed by atoms with E-state index in [1.165, 1.54) is 7.11 Å². The molecule has 0 saturated carbocycles. The second-order valence-corrected chi connectivity index (χ2v) is 6.69. The van der Waals surface area contributed by atoms with E-state index in [4.69, 9.17) is 9.47 Å². The molecule has 3 aromatic carbocycles. The number of carbonyl (C=O) groups excluding carboxylic acids is 1. The van der Waals surface area contributed by atoms with Gasteiger partial charge >= 0.3 is 5.97 Å². The maximum atomic E-state index is 12.6. The summed E-state index contributed by atoms with van der Waals surface area (Å²) in [5.41, 5.74) is 4.35. The lowest BCUT2D eigenvalue weighted by molar-refractivity contribution is -0.136. The van der Waals surface area contributed by atoms with Gasteiger partial charge in [0, 0.05) is 16.8 Å². The van der Waals surface area contributed by atoms with Crippen molar-refractivity contribution >= 4 is 28.0 Å². The number of methoxy groups -OCH3 is 1. The summed E-state index contributed by atoms with van der Waals surface area (Å²) in [5, 5.41) is 15.6. The quantitative estimate of drug-likeness (QED) is 0.676. The molecule has 0 saturated heterocycles. The van der Waals surface area contributed by atoms with Crippen molar-refractivity contribution in [1.82, 2.24) is 0 Å². The van der Waals surface area contributed by atoms with Gasteiger partial charge in [-0.3, -0.25) is 0 Å². The molecule has 1 unspecified atom stereocenters. The Morgan fingerprint density at radius 1 is 1.15 bits per heavy atom. The Hall–Kier alpha value is -3.47. The summed E-state index contributed by atoms with van der Waals surface area (Å²) < 4.78 is 10.6. The molecule has 0 spiro atoms. The predicted octanol–water partition coefficient (Wildman–Crippen LogP) is 4.03. The normalized spacial score (nSPS) is 18.0. The van der Waals surface area contributed by atoms with Crippen LogP contribution >= 0.6 is 0 Å². The van der Waals surface area contributed by atoms with E-state index in [0.29, 0.717) is 11.3 Å². The zero-order chi connectivity index (χ0) is 18.5. The standard InChI is InChI=1S/C22H17NO4/c1-26-18-10-13(7-9-17(18)24)21-20-15(11-27-22(20)25)19-14-5-3-2-4-12(14)6-8-16(19)23-21/h2-10,21,23-24H,11H2,1H3. The molecule has 5 nitrogen and oxygen atoms in total. The van der Waals surface area contributed by atoms with E-state index >= 15 is 0 Å². The molecule has 3 aromatic rings. The van der Waals surface area contributed by atoms with Crippen molar-refractivity contribution in [3.05, 3.63) is 71.3 Å². The molecule has 134 valence electrons. The maximum Gasteiger partial charge on any atom is 0.337 e. The number of rotatable bonds is 2. The van der Waals surface area contributed by atoms with Crippen molar-refractivity contribution in [3.63, 3.8) is 0 Å². The van der Waals surface area contributed by atoms with Crippen LogP contribution in [0.5, 0.6) is 11.5 Å². The van der Waals surface area contributed by atoms with Gasteiger partial charge in [0.15, 0.2) is 11.5 Å². The van der Waals surface area contributed by atoms with Gasteiger partial charge in [-0.15, -0.1) is 0 Å². The summed E-state index contributed by atoms with van der Waals surface area (Å²) in [5.74, 6) is 0.118. The van der Waals surface area contributed by atoms with E-state index in [0.717, 1.165) is 33.2 Å². The van der Waals surface area contributed by atoms with Gasteiger partial charge in [0.1, 0.15) is 6.61 Å². The van der Waals surface area contributed by atoms with Gasteiger partial charge in [-0.25, -0.2) is 4.79 Å². The van der Waals surface area contributed by atoms with Crippen molar-refractivity contribution in [1.29, 1.82) is 0 Å². The zero-order valence-electron chi connectivity index (χ0n) is 14.7. The predicted molar refractivity (Wildman–Crippen MR) is 103 cm³/mol. The molecule has 2 aliphatic rings. The van der Waals surface area contributed by atoms with Crippen LogP contribution in [0.15, 0.2) is 60.2 Å². The largest absolute Gasteiger partial charge is 0.504 e. The third-order valence-corrected chi connectivity index (χ3v) is 5.25. The van der Waals surface area contributed by atoms with Crippen LogP contribution in [0.3, 0.4) is 0 Å². The van der Waals surface area contributed by atoms with Gasteiger partial charge in [0.2, 0.25) is 0 Å². The second-order valence-electron chi connectivity index (χ2n) is 6.69. The van der Waals surface area contributed by atoms with Gasteiger partial charge < -0.3 is 19.9 Å². The zero-order valence-corrected chi connectivity index (χ0v) is 14.7. The van der Waals surface area contributed by atoms with Crippen LogP contribution in [-0.4, -0.2) is 24.8 Å². The van der Waals surface area contributed by atoms with Crippen molar-refractivity contribution in [3.8, 4) is 11.5 Å². The molecule has 5 heteroatoms. The summed E-state index contributed by atoms with van der Waals surface area (Å²) in [7, 11) is 1.50. The number of phenols is 1. The van der Waals surface area contributed by atoms with Crippen molar-refractivity contribution in [2.45, 2.75) is 6.04 Å². The number of ether oxygens (including phenoxy) is 2. The highest BCUT2D eigenvalue weighted by Crippen LogP contribution is 2.47. The van der Waals surface area contributed by atoms with Gasteiger partial charge in [0.05, 0.1) is 18.7 Å². The number of anilines is 1. The molecule has 2 heterocycles. The first kappa shape index (κ1) is 15.8. The van der Waals surface area contributed by atoms with Gasteiger partial charge in [-0.1, -0.05) is 36.4 Å². The molecule has 0 fully saturated rings. The number of hydrogen-bond donors (Lipinski definition) is 2. The van der Waals surface area contributed by atoms with Crippen LogP contribution in [0.2, 0.25) is 0 Å². The lowest BCUT2D eigenvalue weighted by Crippen LogP contribution is -2.22. The van der Waals surface area contributed by atoms with Crippen LogP contribution in [0.25, 0.3) is 16.3 Å². The molecule has 5 rings (SSSR count). The number of aromatic hydroxyl groups is 1. The molecule has 1 atom stereocenters. The van der Waals surface area contributed by atoms with Gasteiger partial charge in [0.25, 0.3) is 0 Å². The second kappa shape index (κ2) is 5.77. The number of hydrogen-bond acceptors (Lipinski definition) is 5. The fraction of sp³-hybridized carbons (Fsp3) is 0.136. The first-order chi connectivity index (χ1) is 13.2. The van der Waals surface area contributed by atoms with E-state index in [-0.39, 0.29) is 24.4 Å². The minimum absolute atomic E-state index is 0.0617. The molecule has 0 radical (unpaired) electrons. The Bertz CT molecular complexity index is 1130. The number of phenolic OH excluding ortho intramolecular Hbond substituents is 1. The highest BCUT2D eigenvalue weighted by Gasteiger charge is 2.38. The number of benzene rings is 3. The third kappa shape index (κ3) is 2.28. The Labute approximate surface area is 155 Å². The first-order valence-corrected chi connectivity index (χ1v) is 8.73. The summed E-state index contributed by atoms with van der Waals surface area (Å²) in [4.78, 5) is 12.6. The highest BCUT2D eigenvalue weighted by atomic mass is 16.5. The van der Waals surface area contributed by atoms with Crippen LogP contribution in [0, 0.1) is 0 Å². The van der Waals surface area contributed by atoms with Crippen LogP contribution < -0.4 is 10.1 Å². The van der Waals surface area contributed by atoms with Crippen molar-refractivity contribution in [2.24, 2.45) is 0 Å². The summed E-state index contributed by atoms with van der Waals surface area (Å²) in [6.07, 6.45) is 0. The average Bonchev–Trinajstić information content (AvgIpc) is 3.09. The van der Waals surface area contributed by atoms with E-state index in [9.17, 15) is 9.90 Å². The maximum absolute atomic E-state index is 12.6. The van der Waals surface area contributed by atoms with Crippen molar-refractivity contribution < 1.29 is 19.4 Å². The molecule has 2 N–H and O–H groups in total. The molecule has 27 heavy (non-hydrogen) atoms. The molecule has 0 bridgehead atoms. The SMILES string of the molecule is COc1cc(C2Nc3ccc4ccccc4c3C3=C2C(=O)OC3)ccc1O. The minimum Gasteiger partial charge on any atom is -0.504 e. The Morgan fingerprint density at radius 2 is 2.00 bits per heavy atom. The van der Waals surface area contributed by atoms with Crippen molar-refractivity contribution in [2.75, 3.05) is 19.0 Å². The number of fused-ring (bicyclic) bond motifs is 4. The number of nitrogens with one attached hydrogen (secondary N) is 1. The molecule has 0 aliphatic carbocycles.